The maximum atomic E-state index is 14.5. The lowest BCUT2D eigenvalue weighted by atomic mass is 9.94. The number of nitrogens with zero attached hydrogens (tertiary/aromatic N) is 13. The normalized spacial score (nSPS) is 17.4. The van der Waals surface area contributed by atoms with Crippen molar-refractivity contribution in [2.45, 2.75) is 185 Å². The second-order valence-electron chi connectivity index (χ2n) is 38.4. The van der Waals surface area contributed by atoms with Crippen molar-refractivity contribution in [1.29, 1.82) is 0 Å². The Morgan fingerprint density at radius 3 is 1.59 bits per heavy atom. The zero-order valence-corrected chi connectivity index (χ0v) is 87.2. The van der Waals surface area contributed by atoms with Crippen molar-refractivity contribution in [1.82, 2.24) is 68.7 Å². The molecule has 0 bridgehead atoms. The van der Waals surface area contributed by atoms with E-state index in [2.05, 4.69) is 120 Å². The Morgan fingerprint density at radius 2 is 1.04 bits per heavy atom. The molecule has 4 aliphatic heterocycles. The summed E-state index contributed by atoms with van der Waals surface area (Å²) in [5.41, 5.74) is 14.1. The number of aromatic nitrogens is 10. The Balaban J connectivity index is 0.000000162. The number of hydrogen-bond donors (Lipinski definition) is 8. The molecule has 12 aromatic rings. The zero-order chi connectivity index (χ0) is 105. The Hall–Kier alpha value is -14.2. The molecule has 5 atom stereocenters. The van der Waals surface area contributed by atoms with Crippen LogP contribution in [0.25, 0.3) is 33.8 Å². The van der Waals surface area contributed by atoms with E-state index >= 15 is 0 Å². The van der Waals surface area contributed by atoms with Crippen molar-refractivity contribution >= 4 is 116 Å². The van der Waals surface area contributed by atoms with Gasteiger partial charge in [0, 0.05) is 114 Å². The van der Waals surface area contributed by atoms with Gasteiger partial charge in [0.25, 0.3) is 69.3 Å². The molecule has 4 amide bonds. The van der Waals surface area contributed by atoms with E-state index in [1.165, 1.54) is 103 Å². The van der Waals surface area contributed by atoms with E-state index in [-0.39, 0.29) is 83.2 Å². The van der Waals surface area contributed by atoms with Crippen LogP contribution < -0.4 is 75.0 Å². The summed E-state index contributed by atoms with van der Waals surface area (Å²) in [6.45, 7) is 34.4. The average molecular weight is 2080 g/mol. The molecule has 768 valence electrons. The number of amides is 4. The number of rotatable bonds is 28. The minimum atomic E-state index is -4.45. The molecule has 0 saturated carbocycles. The van der Waals surface area contributed by atoms with Gasteiger partial charge in [0.05, 0.1) is 71.9 Å². The number of carbonyl (C=O) groups is 4. The van der Waals surface area contributed by atoms with E-state index in [1.54, 1.807) is 93.2 Å². The summed E-state index contributed by atoms with van der Waals surface area (Å²) in [4.78, 5) is 114. The van der Waals surface area contributed by atoms with Gasteiger partial charge in [0.1, 0.15) is 73.8 Å². The Kier molecular flexibility index (Phi) is 33.5. The summed E-state index contributed by atoms with van der Waals surface area (Å²) in [6.07, 6.45) is 10.6. The molecule has 4 saturated heterocycles. The number of thiazole rings is 1. The summed E-state index contributed by atoms with van der Waals surface area (Å²) in [6, 6.07) is 38.7. The zero-order valence-electron chi connectivity index (χ0n) is 83.1. The van der Waals surface area contributed by atoms with Gasteiger partial charge < -0.3 is 55.6 Å². The predicted molar refractivity (Wildman–Crippen MR) is 551 cm³/mol. The molecule has 2 aromatic carbocycles. The number of benzene rings is 2. The largest absolute Gasteiger partial charge is 0.493 e. The first-order chi connectivity index (χ1) is 68.4. The maximum Gasteiger partial charge on any atom is 0.281 e. The first-order valence-corrected chi connectivity index (χ1v) is 53.7. The van der Waals surface area contributed by atoms with Gasteiger partial charge in [-0.15, -0.1) is 11.3 Å². The maximum absolute atomic E-state index is 14.5. The summed E-state index contributed by atoms with van der Waals surface area (Å²) in [7, 11) is -15.6. The Morgan fingerprint density at radius 1 is 0.517 bits per heavy atom. The van der Waals surface area contributed by atoms with E-state index in [9.17, 15) is 66.4 Å². The molecule has 37 nitrogen and oxygen atoms in total. The number of methoxy groups -OCH3 is 1. The van der Waals surface area contributed by atoms with Crippen molar-refractivity contribution in [3.63, 3.8) is 0 Å². The number of carbonyl (C=O) groups excluding carboxylic acids is 4. The van der Waals surface area contributed by atoms with Gasteiger partial charge in [0.2, 0.25) is 5.88 Å². The molecule has 0 aliphatic carbocycles. The van der Waals surface area contributed by atoms with Crippen molar-refractivity contribution in [3.8, 4) is 51.2 Å². The van der Waals surface area contributed by atoms with Crippen LogP contribution in [0.15, 0.2) is 213 Å². The SMILES string of the molecule is CC(C)COc1cc(F)cc(-c2ccc(C(=O)NS(=O)(=O)c3cccc(N)n3)c(N3CC(C)CCC3C)n2)c1.CC1CN(c2ncccc2C(=O)NS(=O)(=O)c2cccc(NCc3nccs3)n2)C(C)(C)C1.CCOc1cc(F)ccc1-c1ccc(C(=O)NS(=O)(=O)c2ccc[nH]c2=O)c(N2C[C@@H](C)CC2(C)C)n1.COc1ccc(-c2ccc(C(=O)NS(=O)(=O)c3cccnc3N)c(N3C[C@@H](C)CC3(C)C)n2)c(C)n1. The number of piperidine rings is 1. The lowest BCUT2D eigenvalue weighted by molar-refractivity contribution is 0.0972. The average Bonchev–Trinajstić information content (AvgIpc) is 1.72. The number of anilines is 7. The molecule has 0 radical (unpaired) electrons. The van der Waals surface area contributed by atoms with Crippen LogP contribution in [0.2, 0.25) is 0 Å². The number of aromatic amines is 1. The highest BCUT2D eigenvalue weighted by Crippen LogP contribution is 2.44. The van der Waals surface area contributed by atoms with Gasteiger partial charge >= 0.3 is 0 Å². The summed E-state index contributed by atoms with van der Waals surface area (Å²) >= 11 is 1.48. The third-order valence-electron chi connectivity index (χ3n) is 24.6. The van der Waals surface area contributed by atoms with Crippen molar-refractivity contribution in [3.05, 3.63) is 243 Å². The van der Waals surface area contributed by atoms with Crippen LogP contribution in [-0.2, 0) is 46.6 Å². The van der Waals surface area contributed by atoms with E-state index < -0.39 is 85.8 Å². The van der Waals surface area contributed by atoms with E-state index in [0.717, 1.165) is 55.3 Å². The number of nitrogens with one attached hydrogen (secondary N) is 6. The van der Waals surface area contributed by atoms with Crippen molar-refractivity contribution in [2.24, 2.45) is 29.6 Å². The minimum Gasteiger partial charge on any atom is -0.493 e. The van der Waals surface area contributed by atoms with Gasteiger partial charge in [-0.25, -0.2) is 89.4 Å². The van der Waals surface area contributed by atoms with Crippen LogP contribution in [-0.4, -0.2) is 176 Å². The highest BCUT2D eigenvalue weighted by Gasteiger charge is 2.44. The summed E-state index contributed by atoms with van der Waals surface area (Å²) in [5.74, 6) is 0.327. The van der Waals surface area contributed by atoms with Crippen LogP contribution in [0.1, 0.15) is 181 Å². The Bertz CT molecular complexity index is 7350. The van der Waals surface area contributed by atoms with E-state index in [4.69, 9.17) is 40.6 Å². The lowest BCUT2D eigenvalue weighted by Gasteiger charge is -2.38. The number of sulfonamides is 4. The second-order valence-corrected chi connectivity index (χ2v) is 46.0. The fraction of sp³-hybridized carbons (Fsp3) is 0.366. The molecule has 16 rings (SSSR count). The van der Waals surface area contributed by atoms with Crippen molar-refractivity contribution < 1.29 is 75.8 Å². The number of nitrogen functional groups attached to an aromatic ring is 2. The molecular formula is C101H119F2N21O16S5. The topological polar surface area (TPSA) is 507 Å². The van der Waals surface area contributed by atoms with Gasteiger partial charge in [-0.1, -0.05) is 53.7 Å². The van der Waals surface area contributed by atoms with Crippen LogP contribution >= 0.6 is 11.3 Å². The van der Waals surface area contributed by atoms with Crippen LogP contribution in [0.3, 0.4) is 0 Å². The third kappa shape index (κ3) is 26.3. The fourth-order valence-corrected chi connectivity index (χ4v) is 22.6. The molecule has 44 heteroatoms. The number of aryl methyl sites for hydroxylation is 1. The second kappa shape index (κ2) is 45.0. The fourth-order valence-electron chi connectivity index (χ4n) is 18.1. The molecular weight excluding hydrogens is 1960 g/mol. The minimum absolute atomic E-state index is 0.0139. The smallest absolute Gasteiger partial charge is 0.281 e. The van der Waals surface area contributed by atoms with Crippen molar-refractivity contribution in [2.75, 3.05) is 82.9 Å². The molecule has 145 heavy (non-hydrogen) atoms. The van der Waals surface area contributed by atoms with Crippen LogP contribution in [0, 0.1) is 48.1 Å². The molecule has 10 N–H and O–H groups in total. The van der Waals surface area contributed by atoms with Gasteiger partial charge in [-0.05, 0) is 251 Å². The number of H-pyrrole nitrogens is 1. The summed E-state index contributed by atoms with van der Waals surface area (Å²) < 4.78 is 157. The molecule has 3 unspecified atom stereocenters. The standard InChI is InChI=1S/C28H34FN5O4S.C26H29FN4O5S.C25H30N6O4S.C22H26N6O3S2/c1-17(2)16-38-22-13-20(12-21(29)14-22)24-11-10-23(27(31-24)34-15-18(3)8-9-19(34)4)28(35)33-39(36,37)26-7-5-6-25(30)32-26;1-5-36-21-13-17(27)8-9-18(21)20-11-10-19(23(29-20)31-15-16(2)14-26(31,3)4)24(32)30-37(34,35)22-7-6-12-28-25(22)33;1-15-13-25(3,4)31(14-15)23-18(24(32)30-36(33,34)20-7-6-12-27-22(20)26)8-10-19(29-23)17-9-11-21(35-5)28-16(17)2;1-15-12-22(2,3)28(14-15)20-16(6-5-9-24-20)21(29)27-33(30,31)19-8-4-7-17(26-19)25-13-18-23-10-11-32-18/h5-7,10-14,17-19H,8-9,15-16H2,1-4H3,(H2,30,32)(H,33,35);6-13,16H,5,14-15H2,1-4H3,(H,28,33)(H,30,32);6-12,15H,13-14H2,1-5H3,(H2,26,27)(H,30,32);4-11,15H,12-14H2,1-3H3,(H,25,26)(H,27,29)/t;16-;15-;/m.00./s1. The highest BCUT2D eigenvalue weighted by molar-refractivity contribution is 7.91. The van der Waals surface area contributed by atoms with Gasteiger partial charge in [-0.3, -0.25) is 24.0 Å². The first-order valence-electron chi connectivity index (χ1n) is 46.9. The quantitative estimate of drug-likeness (QED) is 0.0226. The van der Waals surface area contributed by atoms with Gasteiger partial charge in [0.15, 0.2) is 14.9 Å². The molecule has 4 aliphatic rings. The number of ether oxygens (including phenoxy) is 3. The molecule has 10 aromatic heterocycles. The lowest BCUT2D eigenvalue weighted by Crippen LogP contribution is -2.43. The monoisotopic (exact) mass is 2080 g/mol. The third-order valence-corrected chi connectivity index (χ3v) is 30.6. The predicted octanol–water partition coefficient (Wildman–Crippen LogP) is 14.8. The molecule has 4 fully saturated rings. The number of nitrogens with two attached hydrogens (primary N) is 2. The number of hydrogen-bond acceptors (Lipinski definition) is 33. The Labute approximate surface area is 846 Å². The van der Waals surface area contributed by atoms with Gasteiger partial charge in [-0.2, -0.15) is 16.8 Å². The van der Waals surface area contributed by atoms with E-state index in [1.807, 2.05) is 67.5 Å². The molecule has 14 heterocycles. The molecule has 0 spiro atoms. The number of halogens is 2. The van der Waals surface area contributed by atoms with Crippen LogP contribution in [0.5, 0.6) is 17.4 Å². The van der Waals surface area contributed by atoms with E-state index in [0.29, 0.717) is 138 Å². The first kappa shape index (κ1) is 108. The van der Waals surface area contributed by atoms with Crippen LogP contribution in [0.4, 0.5) is 49.5 Å². The number of pyridine rings is 9. The highest BCUT2D eigenvalue weighted by atomic mass is 32.2. The summed E-state index contributed by atoms with van der Waals surface area (Å²) in [5, 5.41) is 5.14.